The van der Waals surface area contributed by atoms with Crippen molar-refractivity contribution >= 4 is 53.1 Å². The molecule has 6 rings (SSSR count). The zero-order valence-corrected chi connectivity index (χ0v) is 34.5. The minimum atomic E-state index is -5.08. The van der Waals surface area contributed by atoms with E-state index in [1.165, 1.54) is 4.90 Å². The Kier molecular flexibility index (Phi) is 16.7. The van der Waals surface area contributed by atoms with Gasteiger partial charge in [-0.15, -0.1) is 0 Å². The van der Waals surface area contributed by atoms with Crippen molar-refractivity contribution in [1.82, 2.24) is 31.5 Å². The summed E-state index contributed by atoms with van der Waals surface area (Å²) in [5.74, 6) is -4.58. The Bertz CT molecular complexity index is 2380. The zero-order valence-electron chi connectivity index (χ0n) is 34.5. The number of halogens is 3. The number of imide groups is 1. The molecule has 2 aliphatic heterocycles. The second-order valence-corrected chi connectivity index (χ2v) is 14.6. The SMILES string of the molecule is NCC(=O)N[C@@H](Cc1ccccc1)C(=O)NCC(=O)NCc1ccc(COc2ccc(NC(=O)NCc3ccc4c(c3)CN(C3CCC(=O)NC3=O)C4=O)cc2)cc1.O=C(O)C(F)(F)F. The van der Waals surface area contributed by atoms with Crippen LogP contribution in [0.15, 0.2) is 97.1 Å². The highest BCUT2D eigenvalue weighted by atomic mass is 19.4. The molecule has 4 aromatic carbocycles. The molecule has 65 heavy (non-hydrogen) atoms. The number of carbonyl (C=O) groups is 8. The topological polar surface area (TPSA) is 267 Å². The lowest BCUT2D eigenvalue weighted by atomic mass is 10.0. The van der Waals surface area contributed by atoms with Gasteiger partial charge in [0.05, 0.1) is 13.1 Å². The van der Waals surface area contributed by atoms with Crippen LogP contribution in [0.4, 0.5) is 23.7 Å². The number of carboxylic acid groups (broad SMARTS) is 1. The number of amides is 8. The van der Waals surface area contributed by atoms with Crippen LogP contribution < -0.4 is 42.4 Å². The fraction of sp³-hybridized carbons (Fsp3) is 0.273. The van der Waals surface area contributed by atoms with Crippen LogP contribution in [-0.4, -0.2) is 88.8 Å². The van der Waals surface area contributed by atoms with E-state index in [0.717, 1.165) is 27.8 Å². The number of nitrogens with zero attached hydrogens (tertiary/aromatic N) is 1. The standard InChI is InChI=1S/C42H44N8O8.C2HF3O2/c43-20-37(52)48-34(19-26-4-2-1-3-5-26)39(54)45-23-38(53)44-21-27-6-8-28(9-7-27)25-58-32-13-11-31(12-14-32)47-42(57)46-22-29-10-15-33-30(18-29)24-50(41(33)56)35-16-17-36(51)49-40(35)55;3-2(4,5)1(6)7/h1-15,18,34-35H,16-17,19-25,43H2,(H,44,53)(H,45,54)(H,48,52)(H2,46,47,57)(H,49,51,55);(H,6,7)/t34-,35?;/m0./s1. The van der Waals surface area contributed by atoms with Crippen LogP contribution in [0.3, 0.4) is 0 Å². The smallest absolute Gasteiger partial charge is 0.489 e. The Morgan fingerprint density at radius 2 is 1.46 bits per heavy atom. The van der Waals surface area contributed by atoms with Gasteiger partial charge in [-0.2, -0.15) is 13.2 Å². The molecule has 9 N–H and O–H groups in total. The number of hydrogen-bond donors (Lipinski definition) is 8. The summed E-state index contributed by atoms with van der Waals surface area (Å²) in [6.07, 6.45) is -4.36. The van der Waals surface area contributed by atoms with E-state index in [1.54, 1.807) is 36.4 Å². The van der Waals surface area contributed by atoms with E-state index in [1.807, 2.05) is 60.7 Å². The number of urea groups is 1. The van der Waals surface area contributed by atoms with Crippen LogP contribution in [-0.2, 0) is 61.4 Å². The summed E-state index contributed by atoms with van der Waals surface area (Å²) in [6.45, 7) is 0.473. The summed E-state index contributed by atoms with van der Waals surface area (Å²) in [7, 11) is 0. The van der Waals surface area contributed by atoms with Gasteiger partial charge < -0.3 is 47.1 Å². The quantitative estimate of drug-likeness (QED) is 0.0757. The first kappa shape index (κ1) is 48.2. The summed E-state index contributed by atoms with van der Waals surface area (Å²) in [6, 6.07) is 26.9. The highest BCUT2D eigenvalue weighted by Gasteiger charge is 2.39. The second-order valence-electron chi connectivity index (χ2n) is 14.6. The summed E-state index contributed by atoms with van der Waals surface area (Å²) in [4.78, 5) is 97.0. The Morgan fingerprint density at radius 1 is 0.815 bits per heavy atom. The van der Waals surface area contributed by atoms with Crippen LogP contribution >= 0.6 is 0 Å². The van der Waals surface area contributed by atoms with E-state index in [4.69, 9.17) is 20.4 Å². The molecule has 2 atom stereocenters. The van der Waals surface area contributed by atoms with Gasteiger partial charge in [0, 0.05) is 43.7 Å². The van der Waals surface area contributed by atoms with E-state index in [2.05, 4.69) is 31.9 Å². The summed E-state index contributed by atoms with van der Waals surface area (Å²) < 4.78 is 37.6. The maximum absolute atomic E-state index is 12.9. The van der Waals surface area contributed by atoms with Crippen LogP contribution in [0.25, 0.3) is 0 Å². The molecule has 1 saturated heterocycles. The van der Waals surface area contributed by atoms with Crippen molar-refractivity contribution in [2.24, 2.45) is 5.73 Å². The summed E-state index contributed by atoms with van der Waals surface area (Å²) in [5, 5.41) is 23.0. The normalized spacial score (nSPS) is 14.7. The number of carbonyl (C=O) groups excluding carboxylic acids is 7. The lowest BCUT2D eigenvalue weighted by Gasteiger charge is -2.29. The second kappa shape index (κ2) is 22.5. The number of ether oxygens (including phenoxy) is 1. The lowest BCUT2D eigenvalue weighted by molar-refractivity contribution is -0.192. The lowest BCUT2D eigenvalue weighted by Crippen LogP contribution is -2.52. The largest absolute Gasteiger partial charge is 0.490 e. The first-order chi connectivity index (χ1) is 31.0. The van der Waals surface area contributed by atoms with Crippen LogP contribution in [0.1, 0.15) is 51.0 Å². The van der Waals surface area contributed by atoms with Crippen molar-refractivity contribution < 1.29 is 61.4 Å². The van der Waals surface area contributed by atoms with E-state index in [-0.39, 0.29) is 76.3 Å². The number of rotatable bonds is 16. The number of nitrogens with two attached hydrogens (primary N) is 1. The van der Waals surface area contributed by atoms with Gasteiger partial charge >= 0.3 is 18.2 Å². The minimum absolute atomic E-state index is 0.184. The van der Waals surface area contributed by atoms with E-state index in [9.17, 15) is 46.7 Å². The van der Waals surface area contributed by atoms with Gasteiger partial charge in [-0.1, -0.05) is 66.7 Å². The molecule has 2 heterocycles. The van der Waals surface area contributed by atoms with E-state index in [0.29, 0.717) is 17.0 Å². The third kappa shape index (κ3) is 14.6. The number of piperidine rings is 1. The van der Waals surface area contributed by atoms with E-state index >= 15 is 0 Å². The molecule has 342 valence electrons. The van der Waals surface area contributed by atoms with Gasteiger partial charge in [0.25, 0.3) is 5.91 Å². The summed E-state index contributed by atoms with van der Waals surface area (Å²) >= 11 is 0. The van der Waals surface area contributed by atoms with Crippen molar-refractivity contribution in [2.45, 2.75) is 63.8 Å². The maximum Gasteiger partial charge on any atom is 0.490 e. The molecule has 2 aliphatic rings. The third-order valence-corrected chi connectivity index (χ3v) is 9.86. The molecule has 8 amide bonds. The Balaban J connectivity index is 0.00000105. The molecule has 21 heteroatoms. The fourth-order valence-corrected chi connectivity index (χ4v) is 6.52. The molecule has 0 spiro atoms. The van der Waals surface area contributed by atoms with Crippen LogP contribution in [0.5, 0.6) is 5.75 Å². The molecular weight excluding hydrogens is 858 g/mol. The predicted molar refractivity (Wildman–Crippen MR) is 225 cm³/mol. The van der Waals surface area contributed by atoms with Gasteiger partial charge in [-0.3, -0.25) is 34.1 Å². The molecule has 0 aliphatic carbocycles. The highest BCUT2D eigenvalue weighted by Crippen LogP contribution is 2.28. The number of benzene rings is 4. The maximum atomic E-state index is 12.9. The van der Waals surface area contributed by atoms with E-state index < -0.39 is 48.0 Å². The third-order valence-electron chi connectivity index (χ3n) is 9.86. The van der Waals surface area contributed by atoms with Crippen molar-refractivity contribution in [2.75, 3.05) is 18.4 Å². The minimum Gasteiger partial charge on any atom is -0.489 e. The number of carboxylic acids is 1. The van der Waals surface area contributed by atoms with Crippen LogP contribution in [0.2, 0.25) is 0 Å². The average molecular weight is 903 g/mol. The molecule has 1 fully saturated rings. The van der Waals surface area contributed by atoms with Crippen LogP contribution in [0, 0.1) is 0 Å². The van der Waals surface area contributed by atoms with Gasteiger partial charge in [-0.25, -0.2) is 9.59 Å². The molecule has 4 aromatic rings. The monoisotopic (exact) mass is 902 g/mol. The Morgan fingerprint density at radius 3 is 2.11 bits per heavy atom. The van der Waals surface area contributed by atoms with Crippen molar-refractivity contribution in [3.05, 3.63) is 130 Å². The van der Waals surface area contributed by atoms with Gasteiger partial charge in [0.2, 0.25) is 29.5 Å². The number of hydrogen-bond acceptors (Lipinski definition) is 10. The first-order valence-electron chi connectivity index (χ1n) is 20.0. The molecule has 18 nitrogen and oxygen atoms in total. The van der Waals surface area contributed by atoms with Gasteiger partial charge in [0.1, 0.15) is 24.4 Å². The molecule has 0 bridgehead atoms. The number of alkyl halides is 3. The van der Waals surface area contributed by atoms with Crippen molar-refractivity contribution in [3.63, 3.8) is 0 Å². The number of nitrogens with one attached hydrogen (secondary N) is 6. The van der Waals surface area contributed by atoms with Crippen molar-refractivity contribution in [1.29, 1.82) is 0 Å². The molecule has 1 unspecified atom stereocenters. The average Bonchev–Trinajstić information content (AvgIpc) is 3.61. The number of fused-ring (bicyclic) bond motifs is 1. The fourth-order valence-electron chi connectivity index (χ4n) is 6.52. The Labute approximate surface area is 369 Å². The summed E-state index contributed by atoms with van der Waals surface area (Å²) in [5.41, 5.74) is 10.6. The highest BCUT2D eigenvalue weighted by molar-refractivity contribution is 6.05. The number of aliphatic carboxylic acids is 1. The molecule has 0 aromatic heterocycles. The van der Waals surface area contributed by atoms with Crippen molar-refractivity contribution in [3.8, 4) is 5.75 Å². The Hall–Kier alpha value is -7.81. The number of anilines is 1. The van der Waals surface area contributed by atoms with Gasteiger partial charge in [0.15, 0.2) is 0 Å². The molecule has 0 saturated carbocycles. The zero-order chi connectivity index (χ0) is 47.1. The molecular formula is C44H45F3N8O10. The predicted octanol–water partition coefficient (Wildman–Crippen LogP) is 2.40. The first-order valence-corrected chi connectivity index (χ1v) is 20.0. The molecule has 0 radical (unpaired) electrons. The van der Waals surface area contributed by atoms with Gasteiger partial charge in [-0.05, 0) is 64.6 Å².